The predicted octanol–water partition coefficient (Wildman–Crippen LogP) is 4.41. The van der Waals surface area contributed by atoms with Crippen LogP contribution in [-0.2, 0) is 11.2 Å². The second kappa shape index (κ2) is 7.83. The van der Waals surface area contributed by atoms with Crippen LogP contribution in [0.3, 0.4) is 0 Å². The van der Waals surface area contributed by atoms with Gasteiger partial charge >= 0.3 is 0 Å². The van der Waals surface area contributed by atoms with Crippen molar-refractivity contribution in [2.24, 2.45) is 0 Å². The highest BCUT2D eigenvalue weighted by atomic mass is 35.5. The standard InChI is InChI=1S/C21H22ClNO3/c1-4-7-20(24)23-11-10-14-12-18(25-2)19(26-3)13-16(14)21(23)15-8-5-6-9-17(15)22/h4-9,12-13,21H,10-11H2,1-3H3/b7-4+. The van der Waals surface area contributed by atoms with E-state index >= 15 is 0 Å². The van der Waals surface area contributed by atoms with Gasteiger partial charge in [0.15, 0.2) is 11.5 Å². The number of nitrogens with zero attached hydrogens (tertiary/aromatic N) is 1. The van der Waals surface area contributed by atoms with Crippen LogP contribution >= 0.6 is 11.6 Å². The van der Waals surface area contributed by atoms with Gasteiger partial charge < -0.3 is 14.4 Å². The molecular weight excluding hydrogens is 350 g/mol. The fraction of sp³-hybridized carbons (Fsp3) is 0.286. The molecule has 2 aromatic rings. The van der Waals surface area contributed by atoms with Crippen LogP contribution in [0.2, 0.25) is 5.02 Å². The Bertz CT molecular complexity index is 847. The second-order valence-corrected chi connectivity index (χ2v) is 6.52. The van der Waals surface area contributed by atoms with Gasteiger partial charge in [-0.3, -0.25) is 4.79 Å². The molecule has 0 saturated heterocycles. The lowest BCUT2D eigenvalue weighted by atomic mass is 9.87. The lowest BCUT2D eigenvalue weighted by Gasteiger charge is -2.38. The number of rotatable bonds is 4. The summed E-state index contributed by atoms with van der Waals surface area (Å²) in [4.78, 5) is 14.6. The first-order chi connectivity index (χ1) is 12.6. The summed E-state index contributed by atoms with van der Waals surface area (Å²) in [6, 6.07) is 11.3. The smallest absolute Gasteiger partial charge is 0.247 e. The molecule has 1 atom stereocenters. The lowest BCUT2D eigenvalue weighted by Crippen LogP contribution is -2.40. The third-order valence-corrected chi connectivity index (χ3v) is 5.01. The molecule has 0 saturated carbocycles. The number of carbonyl (C=O) groups is 1. The number of benzene rings is 2. The van der Waals surface area contributed by atoms with Crippen molar-refractivity contribution in [2.75, 3.05) is 20.8 Å². The number of carbonyl (C=O) groups excluding carboxylic acids is 1. The Morgan fingerprint density at radius 3 is 2.50 bits per heavy atom. The van der Waals surface area contributed by atoms with Crippen LogP contribution in [-0.4, -0.2) is 31.6 Å². The molecule has 1 unspecified atom stereocenters. The summed E-state index contributed by atoms with van der Waals surface area (Å²) in [6.45, 7) is 2.45. The number of hydrogen-bond acceptors (Lipinski definition) is 3. The van der Waals surface area contributed by atoms with E-state index in [2.05, 4.69) is 0 Å². The number of amides is 1. The number of allylic oxidation sites excluding steroid dienone is 1. The van der Waals surface area contributed by atoms with Gasteiger partial charge in [0.2, 0.25) is 5.91 Å². The zero-order chi connectivity index (χ0) is 18.7. The van der Waals surface area contributed by atoms with Crippen molar-refractivity contribution in [3.05, 3.63) is 70.3 Å². The van der Waals surface area contributed by atoms with Crippen LogP contribution in [0.25, 0.3) is 0 Å². The third-order valence-electron chi connectivity index (χ3n) is 4.67. The van der Waals surface area contributed by atoms with Crippen LogP contribution in [0.1, 0.15) is 29.7 Å². The molecule has 26 heavy (non-hydrogen) atoms. The average molecular weight is 372 g/mol. The molecule has 5 heteroatoms. The first kappa shape index (κ1) is 18.3. The highest BCUT2D eigenvalue weighted by Crippen LogP contribution is 2.42. The van der Waals surface area contributed by atoms with E-state index in [1.54, 1.807) is 26.4 Å². The topological polar surface area (TPSA) is 38.8 Å². The molecule has 2 aromatic carbocycles. The molecule has 4 nitrogen and oxygen atoms in total. The fourth-order valence-electron chi connectivity index (χ4n) is 3.45. The van der Waals surface area contributed by atoms with Crippen LogP contribution in [0.5, 0.6) is 11.5 Å². The summed E-state index contributed by atoms with van der Waals surface area (Å²) in [7, 11) is 3.24. The maximum absolute atomic E-state index is 12.7. The minimum absolute atomic E-state index is 0.0298. The molecule has 1 aliphatic rings. The monoisotopic (exact) mass is 371 g/mol. The van der Waals surface area contributed by atoms with Gasteiger partial charge in [-0.05, 0) is 54.3 Å². The Balaban J connectivity index is 2.20. The summed E-state index contributed by atoms with van der Waals surface area (Å²) in [5.41, 5.74) is 3.05. The van der Waals surface area contributed by atoms with Gasteiger partial charge in [-0.25, -0.2) is 0 Å². The van der Waals surface area contributed by atoms with Gasteiger partial charge in [-0.1, -0.05) is 35.9 Å². The predicted molar refractivity (Wildman–Crippen MR) is 103 cm³/mol. The van der Waals surface area contributed by atoms with Crippen molar-refractivity contribution >= 4 is 17.5 Å². The number of methoxy groups -OCH3 is 2. The van der Waals surface area contributed by atoms with Crippen molar-refractivity contribution in [1.29, 1.82) is 0 Å². The van der Waals surface area contributed by atoms with E-state index in [4.69, 9.17) is 21.1 Å². The molecule has 136 valence electrons. The first-order valence-electron chi connectivity index (χ1n) is 8.53. The van der Waals surface area contributed by atoms with Crippen LogP contribution in [0.15, 0.2) is 48.6 Å². The maximum Gasteiger partial charge on any atom is 0.247 e. The van der Waals surface area contributed by atoms with Gasteiger partial charge in [0.25, 0.3) is 0 Å². The van der Waals surface area contributed by atoms with E-state index < -0.39 is 0 Å². The van der Waals surface area contributed by atoms with Gasteiger partial charge in [0.05, 0.1) is 20.3 Å². The van der Waals surface area contributed by atoms with Gasteiger partial charge in [0.1, 0.15) is 0 Å². The van der Waals surface area contributed by atoms with Crippen molar-refractivity contribution < 1.29 is 14.3 Å². The summed E-state index contributed by atoms with van der Waals surface area (Å²) >= 11 is 6.49. The van der Waals surface area contributed by atoms with E-state index in [1.807, 2.05) is 48.2 Å². The Labute approximate surface area is 159 Å². The summed E-state index contributed by atoms with van der Waals surface area (Å²) < 4.78 is 10.9. The molecule has 1 heterocycles. The van der Waals surface area contributed by atoms with Gasteiger partial charge in [-0.2, -0.15) is 0 Å². The molecule has 0 fully saturated rings. The van der Waals surface area contributed by atoms with Gasteiger partial charge in [0, 0.05) is 11.6 Å². The van der Waals surface area contributed by atoms with Gasteiger partial charge in [-0.15, -0.1) is 0 Å². The molecule has 3 rings (SSSR count). The molecule has 0 spiro atoms. The van der Waals surface area contributed by atoms with Crippen molar-refractivity contribution in [3.8, 4) is 11.5 Å². The maximum atomic E-state index is 12.7. The number of fused-ring (bicyclic) bond motifs is 1. The minimum Gasteiger partial charge on any atom is -0.493 e. The van der Waals surface area contributed by atoms with Crippen LogP contribution < -0.4 is 9.47 Å². The quantitative estimate of drug-likeness (QED) is 0.747. The first-order valence-corrected chi connectivity index (χ1v) is 8.91. The van der Waals surface area contributed by atoms with E-state index in [0.717, 1.165) is 23.1 Å². The van der Waals surface area contributed by atoms with E-state index in [9.17, 15) is 4.79 Å². The zero-order valence-electron chi connectivity index (χ0n) is 15.2. The molecule has 0 bridgehead atoms. The molecule has 0 N–H and O–H groups in total. The summed E-state index contributed by atoms with van der Waals surface area (Å²) in [5, 5.41) is 0.637. The van der Waals surface area contributed by atoms with E-state index in [-0.39, 0.29) is 11.9 Å². The minimum atomic E-state index is -0.268. The van der Waals surface area contributed by atoms with Crippen LogP contribution in [0, 0.1) is 0 Å². The number of hydrogen-bond donors (Lipinski definition) is 0. The molecule has 0 aromatic heterocycles. The normalized spacial score (nSPS) is 16.5. The van der Waals surface area contributed by atoms with Crippen LogP contribution in [0.4, 0.5) is 0 Å². The van der Waals surface area contributed by atoms with Crippen molar-refractivity contribution in [2.45, 2.75) is 19.4 Å². The highest BCUT2D eigenvalue weighted by molar-refractivity contribution is 6.31. The number of halogens is 1. The molecule has 1 aliphatic heterocycles. The third kappa shape index (κ3) is 3.29. The lowest BCUT2D eigenvalue weighted by molar-refractivity contribution is -0.128. The van der Waals surface area contributed by atoms with Crippen molar-refractivity contribution in [3.63, 3.8) is 0 Å². The largest absolute Gasteiger partial charge is 0.493 e. The molecule has 0 radical (unpaired) electrons. The molecule has 0 aliphatic carbocycles. The Kier molecular flexibility index (Phi) is 5.52. The van der Waals surface area contributed by atoms with E-state index in [1.165, 1.54) is 0 Å². The zero-order valence-corrected chi connectivity index (χ0v) is 15.9. The second-order valence-electron chi connectivity index (χ2n) is 6.11. The van der Waals surface area contributed by atoms with Crippen molar-refractivity contribution in [1.82, 2.24) is 4.90 Å². The number of ether oxygens (including phenoxy) is 2. The molecular formula is C21H22ClNO3. The summed E-state index contributed by atoms with van der Waals surface area (Å²) in [6.07, 6.45) is 4.10. The fourth-order valence-corrected chi connectivity index (χ4v) is 3.69. The average Bonchev–Trinajstić information content (AvgIpc) is 2.66. The Morgan fingerprint density at radius 1 is 1.15 bits per heavy atom. The van der Waals surface area contributed by atoms with E-state index in [0.29, 0.717) is 23.1 Å². The Morgan fingerprint density at radius 2 is 1.85 bits per heavy atom. The summed E-state index contributed by atoms with van der Waals surface area (Å²) in [5.74, 6) is 1.30. The SMILES string of the molecule is C/C=C/C(=O)N1CCc2cc(OC)c(OC)cc2C1c1ccccc1Cl. The molecule has 1 amide bonds. The Hall–Kier alpha value is -2.46. The highest BCUT2D eigenvalue weighted by Gasteiger charge is 2.33.